The smallest absolute Gasteiger partial charge is 0.249 e. The van der Waals surface area contributed by atoms with E-state index in [0.717, 1.165) is 24.8 Å². The number of piperidine rings is 1. The van der Waals surface area contributed by atoms with Crippen LogP contribution < -0.4 is 0 Å². The van der Waals surface area contributed by atoms with Gasteiger partial charge in [0.2, 0.25) is 11.8 Å². The number of nitrogens with zero attached hydrogens (tertiary/aromatic N) is 2. The molecule has 0 N–H and O–H groups in total. The van der Waals surface area contributed by atoms with Crippen molar-refractivity contribution in [1.29, 1.82) is 0 Å². The van der Waals surface area contributed by atoms with Crippen LogP contribution in [0.15, 0.2) is 34.9 Å². The Kier molecular flexibility index (Phi) is 5.25. The van der Waals surface area contributed by atoms with Crippen LogP contribution >= 0.6 is 0 Å². The summed E-state index contributed by atoms with van der Waals surface area (Å²) in [5.74, 6) is 0.897. The average molecular weight is 332 g/mol. The van der Waals surface area contributed by atoms with E-state index in [1.165, 1.54) is 19.2 Å². The molecule has 0 bridgehead atoms. The monoisotopic (exact) mass is 332 g/mol. The molecule has 1 fully saturated rings. The number of ether oxygens (including phenoxy) is 1. The Morgan fingerprint density at radius 3 is 3.12 bits per heavy atom. The van der Waals surface area contributed by atoms with Crippen LogP contribution in [-0.2, 0) is 16.0 Å². The molecule has 1 amide bonds. The van der Waals surface area contributed by atoms with E-state index in [2.05, 4.69) is 4.98 Å². The number of oxazole rings is 1. The zero-order valence-electron chi connectivity index (χ0n) is 13.7. The number of aromatic nitrogens is 1. The van der Waals surface area contributed by atoms with E-state index < -0.39 is 0 Å². The van der Waals surface area contributed by atoms with Crippen molar-refractivity contribution < 1.29 is 18.3 Å². The van der Waals surface area contributed by atoms with E-state index in [1.54, 1.807) is 17.2 Å². The molecule has 1 aromatic carbocycles. The number of benzene rings is 1. The van der Waals surface area contributed by atoms with Gasteiger partial charge in [0, 0.05) is 20.1 Å². The number of halogens is 1. The van der Waals surface area contributed by atoms with Gasteiger partial charge in [-0.05, 0) is 37.0 Å². The molecule has 3 rings (SSSR count). The molecule has 1 aromatic heterocycles. The minimum absolute atomic E-state index is 0.0490. The highest BCUT2D eigenvalue weighted by Gasteiger charge is 2.31. The molecule has 0 spiro atoms. The lowest BCUT2D eigenvalue weighted by atomic mass is 10.0. The lowest BCUT2D eigenvalue weighted by Crippen LogP contribution is -2.40. The maximum atomic E-state index is 13.3. The average Bonchev–Trinajstić information content (AvgIpc) is 3.03. The molecule has 1 atom stereocenters. The van der Waals surface area contributed by atoms with Gasteiger partial charge in [-0.1, -0.05) is 12.1 Å². The van der Waals surface area contributed by atoms with Crippen LogP contribution in [0.25, 0.3) is 0 Å². The number of rotatable bonds is 5. The zero-order chi connectivity index (χ0) is 16.9. The topological polar surface area (TPSA) is 55.6 Å². The molecular weight excluding hydrogens is 311 g/mol. The first-order valence-corrected chi connectivity index (χ1v) is 8.15. The Labute approximate surface area is 140 Å². The first-order valence-electron chi connectivity index (χ1n) is 8.15. The van der Waals surface area contributed by atoms with Crippen molar-refractivity contribution >= 4 is 5.91 Å². The van der Waals surface area contributed by atoms with Gasteiger partial charge in [0.15, 0.2) is 0 Å². The number of methoxy groups -OCH3 is 1. The Morgan fingerprint density at radius 2 is 2.33 bits per heavy atom. The molecule has 5 nitrogen and oxygen atoms in total. The molecule has 0 aliphatic carbocycles. The Balaban J connectivity index is 1.74. The highest BCUT2D eigenvalue weighted by Crippen LogP contribution is 2.31. The Hall–Kier alpha value is -2.21. The fourth-order valence-corrected chi connectivity index (χ4v) is 3.10. The van der Waals surface area contributed by atoms with Crippen LogP contribution in [0, 0.1) is 5.82 Å². The van der Waals surface area contributed by atoms with Gasteiger partial charge >= 0.3 is 0 Å². The van der Waals surface area contributed by atoms with E-state index in [0.29, 0.717) is 24.6 Å². The summed E-state index contributed by atoms with van der Waals surface area (Å²) < 4.78 is 24.1. The number of hydrogen-bond acceptors (Lipinski definition) is 4. The van der Waals surface area contributed by atoms with Crippen LogP contribution in [0.3, 0.4) is 0 Å². The summed E-state index contributed by atoms with van der Waals surface area (Å²) in [6.07, 6.45) is 4.97. The van der Waals surface area contributed by atoms with Gasteiger partial charge in [-0.15, -0.1) is 0 Å². The van der Waals surface area contributed by atoms with E-state index in [4.69, 9.17) is 9.15 Å². The van der Waals surface area contributed by atoms with Crippen LogP contribution in [0.1, 0.15) is 42.5 Å². The van der Waals surface area contributed by atoms with Crippen LogP contribution in [0.2, 0.25) is 0 Å². The molecule has 1 saturated heterocycles. The van der Waals surface area contributed by atoms with Crippen molar-refractivity contribution in [3.63, 3.8) is 0 Å². The summed E-state index contributed by atoms with van der Waals surface area (Å²) in [6, 6.07) is 6.27. The molecule has 0 radical (unpaired) electrons. The normalized spacial score (nSPS) is 17.9. The molecule has 2 heterocycles. The van der Waals surface area contributed by atoms with Gasteiger partial charge in [0.1, 0.15) is 24.2 Å². The fourth-order valence-electron chi connectivity index (χ4n) is 3.10. The van der Waals surface area contributed by atoms with E-state index in [-0.39, 0.29) is 24.4 Å². The maximum absolute atomic E-state index is 13.3. The van der Waals surface area contributed by atoms with Crippen molar-refractivity contribution in [2.24, 2.45) is 0 Å². The molecule has 0 unspecified atom stereocenters. The van der Waals surface area contributed by atoms with Crippen molar-refractivity contribution in [3.05, 3.63) is 53.5 Å². The molecule has 24 heavy (non-hydrogen) atoms. The summed E-state index contributed by atoms with van der Waals surface area (Å²) in [5.41, 5.74) is 0.827. The third-order valence-electron chi connectivity index (χ3n) is 4.21. The quantitative estimate of drug-likeness (QED) is 0.844. The fraction of sp³-hybridized carbons (Fsp3) is 0.444. The molecule has 2 aromatic rings. The van der Waals surface area contributed by atoms with Gasteiger partial charge in [0.05, 0.1) is 6.20 Å². The lowest BCUT2D eigenvalue weighted by molar-refractivity contribution is -0.139. The summed E-state index contributed by atoms with van der Waals surface area (Å²) >= 11 is 0. The van der Waals surface area contributed by atoms with Crippen LogP contribution in [0.4, 0.5) is 4.39 Å². The minimum atomic E-state index is -0.268. The van der Waals surface area contributed by atoms with E-state index >= 15 is 0 Å². The summed E-state index contributed by atoms with van der Waals surface area (Å²) in [4.78, 5) is 18.3. The van der Waals surface area contributed by atoms with Crippen molar-refractivity contribution in [2.75, 3.05) is 20.3 Å². The van der Waals surface area contributed by atoms with Gasteiger partial charge in [-0.25, -0.2) is 9.37 Å². The summed E-state index contributed by atoms with van der Waals surface area (Å²) in [5, 5.41) is 0. The highest BCUT2D eigenvalue weighted by atomic mass is 19.1. The predicted octanol–water partition coefficient (Wildman–Crippen LogP) is 3.10. The molecule has 1 aliphatic rings. The van der Waals surface area contributed by atoms with Gasteiger partial charge in [-0.2, -0.15) is 0 Å². The molecular formula is C18H21FN2O3. The third kappa shape index (κ3) is 3.82. The van der Waals surface area contributed by atoms with Gasteiger partial charge in [0.25, 0.3) is 0 Å². The predicted molar refractivity (Wildman–Crippen MR) is 85.9 cm³/mol. The second-order valence-electron chi connectivity index (χ2n) is 6.00. The van der Waals surface area contributed by atoms with E-state index in [9.17, 15) is 9.18 Å². The first-order chi connectivity index (χ1) is 11.7. The summed E-state index contributed by atoms with van der Waals surface area (Å²) in [6.45, 7) is 0.752. The number of amides is 1. The van der Waals surface area contributed by atoms with Crippen molar-refractivity contribution in [1.82, 2.24) is 9.88 Å². The number of likely N-dealkylation sites (tertiary alicyclic amines) is 1. The Morgan fingerprint density at radius 1 is 1.46 bits per heavy atom. The van der Waals surface area contributed by atoms with Crippen molar-refractivity contribution in [3.8, 4) is 0 Å². The second kappa shape index (κ2) is 7.57. The summed E-state index contributed by atoms with van der Waals surface area (Å²) in [7, 11) is 1.51. The highest BCUT2D eigenvalue weighted by molar-refractivity contribution is 5.77. The minimum Gasteiger partial charge on any atom is -0.443 e. The van der Waals surface area contributed by atoms with Gasteiger partial charge in [-0.3, -0.25) is 4.79 Å². The second-order valence-corrected chi connectivity index (χ2v) is 6.00. The lowest BCUT2D eigenvalue weighted by Gasteiger charge is -2.33. The van der Waals surface area contributed by atoms with Gasteiger partial charge < -0.3 is 14.1 Å². The Bertz CT molecular complexity index is 701. The molecule has 1 aliphatic heterocycles. The van der Waals surface area contributed by atoms with Crippen LogP contribution in [0.5, 0.6) is 0 Å². The maximum Gasteiger partial charge on any atom is 0.249 e. The standard InChI is InChI=1S/C18H21FN2O3/c1-23-12-17(22)21-8-3-2-7-16(21)18-20-11-15(24-18)10-13-5-4-6-14(19)9-13/h4-6,9,11,16H,2-3,7-8,10,12H2,1H3/t16-/m0/s1. The van der Waals surface area contributed by atoms with Crippen molar-refractivity contribution in [2.45, 2.75) is 31.7 Å². The molecule has 128 valence electrons. The van der Waals surface area contributed by atoms with E-state index in [1.807, 2.05) is 6.07 Å². The first kappa shape index (κ1) is 16.6. The number of carbonyl (C=O) groups excluding carboxylic acids is 1. The number of hydrogen-bond donors (Lipinski definition) is 0. The SMILES string of the molecule is COCC(=O)N1CCCC[C@H]1c1ncc(Cc2cccc(F)c2)o1. The largest absolute Gasteiger partial charge is 0.443 e. The zero-order valence-corrected chi connectivity index (χ0v) is 13.7. The van der Waals surface area contributed by atoms with Crippen LogP contribution in [-0.4, -0.2) is 36.1 Å². The molecule has 6 heteroatoms. The third-order valence-corrected chi connectivity index (χ3v) is 4.21. The molecule has 0 saturated carbocycles. The number of carbonyl (C=O) groups is 1.